The van der Waals surface area contributed by atoms with Gasteiger partial charge in [0.05, 0.1) is 33.9 Å². The van der Waals surface area contributed by atoms with E-state index in [1.54, 1.807) is 42.5 Å². The molecule has 0 saturated carbocycles. The molecule has 36 heavy (non-hydrogen) atoms. The molecule has 4 rings (SSSR count). The Kier molecular flexibility index (Phi) is 7.40. The smallest absolute Gasteiger partial charge is 0.339 e. The Morgan fingerprint density at radius 3 is 2.39 bits per heavy atom. The number of aromatic nitrogens is 2. The van der Waals surface area contributed by atoms with Gasteiger partial charge in [0.1, 0.15) is 5.78 Å². The molecule has 2 aromatic carbocycles. The van der Waals surface area contributed by atoms with Crippen LogP contribution in [0.2, 0.25) is 10.0 Å². The van der Waals surface area contributed by atoms with Crippen LogP contribution in [0, 0.1) is 19.8 Å². The number of rotatable bonds is 5. The standard InChI is InChI=1S/C26H26Cl2F3N3O2/c1-14-10-18(26(29,30)31)12-20-16(3)32-34(24(14)20)13-21-22(27)5-4-19(23(21)28)25(36)33-8-6-17(7-9-33)11-15(2)35/h4-5,10,12,17H,6-9,11,13H2,1-3H3. The summed E-state index contributed by atoms with van der Waals surface area (Å²) < 4.78 is 41.6. The molecule has 192 valence electrons. The van der Waals surface area contributed by atoms with Gasteiger partial charge in [-0.1, -0.05) is 23.2 Å². The van der Waals surface area contributed by atoms with E-state index in [9.17, 15) is 22.8 Å². The molecule has 0 N–H and O–H groups in total. The minimum Gasteiger partial charge on any atom is -0.339 e. The van der Waals surface area contributed by atoms with E-state index >= 15 is 0 Å². The highest BCUT2D eigenvalue weighted by Gasteiger charge is 2.32. The third-order valence-corrected chi connectivity index (χ3v) is 7.53. The molecule has 0 bridgehead atoms. The normalized spacial score (nSPS) is 15.1. The van der Waals surface area contributed by atoms with Gasteiger partial charge in [-0.15, -0.1) is 0 Å². The van der Waals surface area contributed by atoms with Gasteiger partial charge in [0, 0.05) is 35.5 Å². The Morgan fingerprint density at radius 1 is 1.11 bits per heavy atom. The fourth-order valence-corrected chi connectivity index (χ4v) is 5.51. The molecule has 0 atom stereocenters. The van der Waals surface area contributed by atoms with Gasteiger partial charge in [0.25, 0.3) is 5.91 Å². The van der Waals surface area contributed by atoms with E-state index in [-0.39, 0.29) is 29.2 Å². The molecule has 0 aliphatic carbocycles. The van der Waals surface area contributed by atoms with Crippen molar-refractivity contribution in [2.24, 2.45) is 5.92 Å². The second-order valence-corrected chi connectivity index (χ2v) is 10.2. The molecular weight excluding hydrogens is 514 g/mol. The zero-order valence-electron chi connectivity index (χ0n) is 20.2. The Balaban J connectivity index is 1.64. The van der Waals surface area contributed by atoms with Gasteiger partial charge in [-0.05, 0) is 69.4 Å². The molecule has 5 nitrogen and oxygen atoms in total. The van der Waals surface area contributed by atoms with Crippen molar-refractivity contribution in [1.29, 1.82) is 0 Å². The van der Waals surface area contributed by atoms with E-state index < -0.39 is 11.7 Å². The third kappa shape index (κ3) is 5.25. The summed E-state index contributed by atoms with van der Waals surface area (Å²) in [6, 6.07) is 5.38. The number of hydrogen-bond acceptors (Lipinski definition) is 3. The summed E-state index contributed by atoms with van der Waals surface area (Å²) in [6.07, 6.45) is -2.44. The van der Waals surface area contributed by atoms with Gasteiger partial charge in [0.2, 0.25) is 0 Å². The number of amides is 1. The molecule has 1 aliphatic heterocycles. The summed E-state index contributed by atoms with van der Waals surface area (Å²) in [5, 5.41) is 5.39. The first-order chi connectivity index (χ1) is 16.9. The van der Waals surface area contributed by atoms with Gasteiger partial charge in [-0.25, -0.2) is 0 Å². The molecule has 1 amide bonds. The van der Waals surface area contributed by atoms with Crippen LogP contribution >= 0.6 is 23.2 Å². The number of carbonyl (C=O) groups excluding carboxylic acids is 2. The second kappa shape index (κ2) is 10.1. The minimum atomic E-state index is -4.46. The van der Waals surface area contributed by atoms with Crippen LogP contribution in [0.3, 0.4) is 0 Å². The summed E-state index contributed by atoms with van der Waals surface area (Å²) in [6.45, 7) is 6.00. The summed E-state index contributed by atoms with van der Waals surface area (Å²) in [5.74, 6) is 0.211. The number of likely N-dealkylation sites (tertiary alicyclic amines) is 1. The molecule has 0 radical (unpaired) electrons. The third-order valence-electron chi connectivity index (χ3n) is 6.75. The number of fused-ring (bicyclic) bond motifs is 1. The van der Waals surface area contributed by atoms with Crippen LogP contribution in [0.1, 0.15) is 58.9 Å². The van der Waals surface area contributed by atoms with Gasteiger partial charge in [-0.2, -0.15) is 18.3 Å². The van der Waals surface area contributed by atoms with Gasteiger partial charge in [-0.3, -0.25) is 9.48 Å². The predicted octanol–water partition coefficient (Wildman–Crippen LogP) is 6.86. The zero-order valence-corrected chi connectivity index (χ0v) is 21.7. The Labute approximate surface area is 217 Å². The van der Waals surface area contributed by atoms with Gasteiger partial charge in [0.15, 0.2) is 0 Å². The number of piperidine rings is 1. The van der Waals surface area contributed by atoms with E-state index in [0.717, 1.165) is 25.0 Å². The first kappa shape index (κ1) is 26.5. The van der Waals surface area contributed by atoms with Crippen molar-refractivity contribution >= 4 is 45.8 Å². The van der Waals surface area contributed by atoms with Crippen LogP contribution in [0.25, 0.3) is 10.9 Å². The summed E-state index contributed by atoms with van der Waals surface area (Å²) in [7, 11) is 0. The topological polar surface area (TPSA) is 55.2 Å². The van der Waals surface area contributed by atoms with Crippen molar-refractivity contribution in [2.75, 3.05) is 13.1 Å². The maximum atomic E-state index is 13.3. The molecule has 0 spiro atoms. The molecule has 1 aliphatic rings. The summed E-state index contributed by atoms with van der Waals surface area (Å²) in [4.78, 5) is 26.4. The fraction of sp³-hybridized carbons (Fsp3) is 0.423. The monoisotopic (exact) mass is 539 g/mol. The van der Waals surface area contributed by atoms with Crippen LogP contribution in [0.5, 0.6) is 0 Å². The number of Topliss-reactive ketones (excluding diaryl/α,β-unsaturated/α-hetero) is 1. The number of halogens is 5. The zero-order chi connectivity index (χ0) is 26.4. The molecule has 0 unspecified atom stereocenters. The highest BCUT2D eigenvalue weighted by molar-refractivity contribution is 6.38. The van der Waals surface area contributed by atoms with Crippen LogP contribution in [-0.2, 0) is 17.5 Å². The van der Waals surface area contributed by atoms with Crippen LogP contribution in [0.15, 0.2) is 24.3 Å². The molecule has 10 heteroatoms. The van der Waals surface area contributed by atoms with Gasteiger partial charge < -0.3 is 9.69 Å². The summed E-state index contributed by atoms with van der Waals surface area (Å²) >= 11 is 13.2. The van der Waals surface area contributed by atoms with Crippen molar-refractivity contribution in [3.63, 3.8) is 0 Å². The predicted molar refractivity (Wildman–Crippen MR) is 134 cm³/mol. The molecule has 1 fully saturated rings. The number of benzene rings is 2. The van der Waals surface area contributed by atoms with Crippen molar-refractivity contribution in [3.8, 4) is 0 Å². The largest absolute Gasteiger partial charge is 0.416 e. The maximum Gasteiger partial charge on any atom is 0.416 e. The Bertz CT molecular complexity index is 1340. The minimum absolute atomic E-state index is 0.0933. The highest BCUT2D eigenvalue weighted by Crippen LogP contribution is 2.36. The van der Waals surface area contributed by atoms with Crippen LogP contribution in [-0.4, -0.2) is 39.5 Å². The van der Waals surface area contributed by atoms with Crippen molar-refractivity contribution in [1.82, 2.24) is 14.7 Å². The lowest BCUT2D eigenvalue weighted by atomic mass is 9.91. The average molecular weight is 540 g/mol. The SMILES string of the molecule is CC(=O)CC1CCN(C(=O)c2ccc(Cl)c(Cn3nc(C)c4cc(C(F)(F)F)cc(C)c43)c2Cl)CC1. The van der Waals surface area contributed by atoms with E-state index in [4.69, 9.17) is 23.2 Å². The van der Waals surface area contributed by atoms with Gasteiger partial charge >= 0.3 is 6.18 Å². The fourth-order valence-electron chi connectivity index (χ4n) is 4.94. The van der Waals surface area contributed by atoms with Crippen molar-refractivity contribution in [3.05, 3.63) is 62.3 Å². The van der Waals surface area contributed by atoms with E-state index in [1.807, 2.05) is 0 Å². The number of ketones is 1. The van der Waals surface area contributed by atoms with E-state index in [2.05, 4.69) is 5.10 Å². The lowest BCUT2D eigenvalue weighted by Gasteiger charge is -2.32. The number of nitrogens with zero attached hydrogens (tertiary/aromatic N) is 3. The molecular formula is C26H26Cl2F3N3O2. The highest BCUT2D eigenvalue weighted by atomic mass is 35.5. The van der Waals surface area contributed by atoms with E-state index in [0.29, 0.717) is 57.8 Å². The Morgan fingerprint density at radius 2 is 1.78 bits per heavy atom. The van der Waals surface area contributed by atoms with Crippen LogP contribution in [0.4, 0.5) is 13.2 Å². The lowest BCUT2D eigenvalue weighted by Crippen LogP contribution is -2.39. The lowest BCUT2D eigenvalue weighted by molar-refractivity contribution is -0.137. The molecule has 2 heterocycles. The average Bonchev–Trinajstić information content (AvgIpc) is 3.11. The number of carbonyl (C=O) groups is 2. The summed E-state index contributed by atoms with van der Waals surface area (Å²) in [5.41, 5.74) is 1.48. The number of alkyl halides is 3. The van der Waals surface area contributed by atoms with Crippen LogP contribution < -0.4 is 0 Å². The first-order valence-electron chi connectivity index (χ1n) is 11.7. The number of aryl methyl sites for hydroxylation is 2. The van der Waals surface area contributed by atoms with E-state index in [1.165, 1.54) is 0 Å². The number of hydrogen-bond donors (Lipinski definition) is 0. The molecule has 1 aromatic heterocycles. The quantitative estimate of drug-likeness (QED) is 0.356. The molecule has 3 aromatic rings. The second-order valence-electron chi connectivity index (χ2n) is 9.46. The Hall–Kier alpha value is -2.58. The van der Waals surface area contributed by atoms with Crippen molar-refractivity contribution < 1.29 is 22.8 Å². The maximum absolute atomic E-state index is 13.3. The van der Waals surface area contributed by atoms with Crippen molar-refractivity contribution in [2.45, 2.75) is 52.8 Å². The molecule has 1 saturated heterocycles. The first-order valence-corrected chi connectivity index (χ1v) is 12.4.